The van der Waals surface area contributed by atoms with Crippen LogP contribution in [0.5, 0.6) is 0 Å². The van der Waals surface area contributed by atoms with Gasteiger partial charge in [0.2, 0.25) is 5.91 Å². The van der Waals surface area contributed by atoms with Gasteiger partial charge in [-0.1, -0.05) is 36.4 Å². The number of carbonyl (C=O) groups is 1. The minimum absolute atomic E-state index is 0.183. The molecule has 1 spiro atoms. The number of hydrogen-bond donors (Lipinski definition) is 1. The van der Waals surface area contributed by atoms with Gasteiger partial charge in [-0.25, -0.2) is 0 Å². The van der Waals surface area contributed by atoms with Gasteiger partial charge in [-0.15, -0.1) is 11.3 Å². The van der Waals surface area contributed by atoms with E-state index in [0.717, 1.165) is 65.0 Å². The molecule has 2 aromatic rings. The lowest BCUT2D eigenvalue weighted by Crippen LogP contribution is -2.58. The first-order valence-corrected chi connectivity index (χ1v) is 11.8. The topological polar surface area (TPSA) is 41.6 Å². The molecule has 3 aliphatic heterocycles. The summed E-state index contributed by atoms with van der Waals surface area (Å²) in [5.41, 5.74) is 1.24. The summed E-state index contributed by atoms with van der Waals surface area (Å²) < 4.78 is 5.73. The summed E-state index contributed by atoms with van der Waals surface area (Å²) >= 11 is 1.86. The Morgan fingerprint density at radius 2 is 1.79 bits per heavy atom. The summed E-state index contributed by atoms with van der Waals surface area (Å²) in [7, 11) is 0. The molecule has 4 nitrogen and oxygen atoms in total. The molecule has 1 aromatic carbocycles. The fraction of sp³-hybridized carbons (Fsp3) is 0.542. The molecule has 1 N–H and O–H groups in total. The lowest BCUT2D eigenvalue weighted by Gasteiger charge is -2.51. The maximum absolute atomic E-state index is 13.0. The van der Waals surface area contributed by atoms with Crippen molar-refractivity contribution in [1.29, 1.82) is 0 Å². The van der Waals surface area contributed by atoms with Crippen molar-refractivity contribution < 1.29 is 9.53 Å². The minimum atomic E-state index is -0.243. The van der Waals surface area contributed by atoms with Crippen molar-refractivity contribution in [2.75, 3.05) is 32.8 Å². The van der Waals surface area contributed by atoms with Gasteiger partial charge in [0.05, 0.1) is 5.41 Å². The fourth-order valence-corrected chi connectivity index (χ4v) is 6.74. The van der Waals surface area contributed by atoms with Gasteiger partial charge >= 0.3 is 0 Å². The van der Waals surface area contributed by atoms with Crippen molar-refractivity contribution >= 4 is 17.2 Å². The maximum atomic E-state index is 13.0. The molecule has 3 saturated heterocycles. The summed E-state index contributed by atoms with van der Waals surface area (Å²) in [6.07, 6.45) is 5.19. The van der Waals surface area contributed by atoms with Gasteiger partial charge in [-0.2, -0.15) is 0 Å². The number of nitrogens with one attached hydrogen (secondary N) is 1. The van der Waals surface area contributed by atoms with E-state index < -0.39 is 0 Å². The second-order valence-corrected chi connectivity index (χ2v) is 9.94. The number of nitrogens with zero attached hydrogens (tertiary/aromatic N) is 1. The van der Waals surface area contributed by atoms with Gasteiger partial charge in [0.25, 0.3) is 0 Å². The Labute approximate surface area is 177 Å². The van der Waals surface area contributed by atoms with Crippen LogP contribution >= 0.6 is 11.3 Å². The second kappa shape index (κ2) is 7.86. The van der Waals surface area contributed by atoms with Crippen LogP contribution in [0.25, 0.3) is 0 Å². The quantitative estimate of drug-likeness (QED) is 0.833. The highest BCUT2D eigenvalue weighted by Crippen LogP contribution is 2.49. The van der Waals surface area contributed by atoms with E-state index in [1.165, 1.54) is 10.4 Å². The van der Waals surface area contributed by atoms with E-state index in [9.17, 15) is 4.79 Å². The highest BCUT2D eigenvalue weighted by atomic mass is 32.1. The van der Waals surface area contributed by atoms with E-state index in [4.69, 9.17) is 4.74 Å². The van der Waals surface area contributed by atoms with Crippen LogP contribution in [-0.2, 0) is 16.0 Å². The van der Waals surface area contributed by atoms with Crippen molar-refractivity contribution in [1.82, 2.24) is 10.2 Å². The molecule has 1 aromatic heterocycles. The van der Waals surface area contributed by atoms with E-state index >= 15 is 0 Å². The van der Waals surface area contributed by atoms with Gasteiger partial charge in [0, 0.05) is 42.5 Å². The molecular weight excluding hydrogens is 380 g/mol. The highest BCUT2D eigenvalue weighted by Gasteiger charge is 2.54. The van der Waals surface area contributed by atoms with Crippen molar-refractivity contribution in [3.05, 3.63) is 58.3 Å². The zero-order valence-corrected chi connectivity index (χ0v) is 17.8. The van der Waals surface area contributed by atoms with Crippen LogP contribution in [0.3, 0.4) is 0 Å². The van der Waals surface area contributed by atoms with E-state index in [-0.39, 0.29) is 16.9 Å². The molecule has 5 rings (SSSR count). The van der Waals surface area contributed by atoms with Crippen LogP contribution < -0.4 is 5.32 Å². The number of thiophene rings is 1. The van der Waals surface area contributed by atoms with Crippen LogP contribution in [0.1, 0.15) is 42.0 Å². The summed E-state index contributed by atoms with van der Waals surface area (Å²) in [5.74, 6) is 0.562. The molecular formula is C24H30N2O2S. The van der Waals surface area contributed by atoms with Crippen LogP contribution in [0.15, 0.2) is 47.8 Å². The normalized spacial score (nSPS) is 26.5. The minimum Gasteiger partial charge on any atom is -0.381 e. The standard InChI is InChI=1S/C24H30N2O2S/c27-22-24(21(18-25-22)19-5-2-1-3-6-19)8-12-26(13-9-24)23(10-14-28-15-11-23)17-20-7-4-16-29-20/h1-7,16,21H,8-15,17-18H2,(H,25,27). The first-order chi connectivity index (χ1) is 14.2. The second-order valence-electron chi connectivity index (χ2n) is 8.91. The Morgan fingerprint density at radius 1 is 1.03 bits per heavy atom. The number of ether oxygens (including phenoxy) is 1. The van der Waals surface area contributed by atoms with Crippen LogP contribution in [0, 0.1) is 5.41 Å². The third kappa shape index (κ3) is 3.43. The molecule has 29 heavy (non-hydrogen) atoms. The Hall–Kier alpha value is -1.69. The lowest BCUT2D eigenvalue weighted by molar-refractivity contribution is -0.133. The van der Waals surface area contributed by atoms with Gasteiger partial charge in [0.1, 0.15) is 0 Å². The first-order valence-electron chi connectivity index (χ1n) is 10.9. The number of likely N-dealkylation sites (tertiary alicyclic amines) is 1. The van der Waals surface area contributed by atoms with E-state index in [0.29, 0.717) is 5.92 Å². The van der Waals surface area contributed by atoms with Crippen molar-refractivity contribution in [2.45, 2.75) is 43.6 Å². The van der Waals surface area contributed by atoms with Crippen molar-refractivity contribution in [3.8, 4) is 0 Å². The first kappa shape index (κ1) is 19.3. The zero-order valence-electron chi connectivity index (χ0n) is 16.9. The van der Waals surface area contributed by atoms with E-state index in [1.54, 1.807) is 0 Å². The highest BCUT2D eigenvalue weighted by molar-refractivity contribution is 7.09. The predicted octanol–water partition coefficient (Wildman–Crippen LogP) is 3.84. The van der Waals surface area contributed by atoms with E-state index in [1.807, 2.05) is 11.3 Å². The van der Waals surface area contributed by atoms with Crippen LogP contribution in [0.4, 0.5) is 0 Å². The lowest BCUT2D eigenvalue weighted by atomic mass is 9.67. The molecule has 0 bridgehead atoms. The average Bonchev–Trinajstić information content (AvgIpc) is 3.38. The SMILES string of the molecule is O=C1NCC(c2ccccc2)C12CCN(C1(Cc3cccs3)CCOCC1)CC2. The van der Waals surface area contributed by atoms with Crippen molar-refractivity contribution in [2.24, 2.45) is 5.41 Å². The molecule has 0 saturated carbocycles. The smallest absolute Gasteiger partial charge is 0.227 e. The molecule has 0 radical (unpaired) electrons. The van der Waals surface area contributed by atoms with Gasteiger partial charge in [-0.05, 0) is 55.8 Å². The molecule has 5 heteroatoms. The van der Waals surface area contributed by atoms with Crippen molar-refractivity contribution in [3.63, 3.8) is 0 Å². The molecule has 0 aliphatic carbocycles. The summed E-state index contributed by atoms with van der Waals surface area (Å²) in [6, 6.07) is 15.1. The van der Waals surface area contributed by atoms with Gasteiger partial charge < -0.3 is 10.1 Å². The predicted molar refractivity (Wildman–Crippen MR) is 116 cm³/mol. The third-order valence-electron chi connectivity index (χ3n) is 7.62. The largest absolute Gasteiger partial charge is 0.381 e. The summed E-state index contributed by atoms with van der Waals surface area (Å²) in [5, 5.41) is 5.37. The number of benzene rings is 1. The average molecular weight is 411 g/mol. The molecule has 1 atom stereocenters. The number of hydrogen-bond acceptors (Lipinski definition) is 4. The van der Waals surface area contributed by atoms with Gasteiger partial charge in [0.15, 0.2) is 0 Å². The molecule has 3 aliphatic rings. The Bertz CT molecular complexity index is 822. The molecule has 3 fully saturated rings. The monoisotopic (exact) mass is 410 g/mol. The number of amides is 1. The fourth-order valence-electron chi connectivity index (χ4n) is 5.90. The number of rotatable bonds is 4. The zero-order chi connectivity index (χ0) is 19.7. The van der Waals surface area contributed by atoms with Crippen LogP contribution in [-0.4, -0.2) is 49.2 Å². The molecule has 4 heterocycles. The maximum Gasteiger partial charge on any atom is 0.227 e. The molecule has 1 amide bonds. The van der Waals surface area contributed by atoms with E-state index in [2.05, 4.69) is 58.1 Å². The van der Waals surface area contributed by atoms with Gasteiger partial charge in [-0.3, -0.25) is 9.69 Å². The Balaban J connectivity index is 1.37. The Morgan fingerprint density at radius 3 is 2.48 bits per heavy atom. The molecule has 1 unspecified atom stereocenters. The third-order valence-corrected chi connectivity index (χ3v) is 8.50. The number of piperidine rings is 1. The Kier molecular flexibility index (Phi) is 5.23. The summed E-state index contributed by atoms with van der Waals surface area (Å²) in [6.45, 7) is 4.47. The van der Waals surface area contributed by atoms with Crippen LogP contribution in [0.2, 0.25) is 0 Å². The summed E-state index contributed by atoms with van der Waals surface area (Å²) in [4.78, 5) is 17.2. The number of carbonyl (C=O) groups excluding carboxylic acids is 1. The molecule has 154 valence electrons.